The van der Waals surface area contributed by atoms with E-state index in [1.807, 2.05) is 0 Å². The number of phenols is 1. The lowest BCUT2D eigenvalue weighted by Crippen LogP contribution is -2.46. The van der Waals surface area contributed by atoms with Gasteiger partial charge in [0.15, 0.2) is 0 Å². The third kappa shape index (κ3) is 2.74. The monoisotopic (exact) mass is 300 g/mol. The average Bonchev–Trinajstić information content (AvgIpc) is 2.42. The van der Waals surface area contributed by atoms with Gasteiger partial charge in [-0.3, -0.25) is 0 Å². The fraction of sp³-hybridized carbons (Fsp3) is 0.538. The Hall–Kier alpha value is -1.31. The van der Waals surface area contributed by atoms with Gasteiger partial charge in [0, 0.05) is 20.2 Å². The summed E-state index contributed by atoms with van der Waals surface area (Å²) in [6.07, 6.45) is 0.652. The van der Waals surface area contributed by atoms with Gasteiger partial charge in [0.2, 0.25) is 10.0 Å². The normalized spacial score (nSPS) is 24.7. The van der Waals surface area contributed by atoms with Crippen molar-refractivity contribution in [3.63, 3.8) is 0 Å². The van der Waals surface area contributed by atoms with Crippen LogP contribution >= 0.6 is 0 Å². The predicted molar refractivity (Wildman–Crippen MR) is 75.9 cm³/mol. The van der Waals surface area contributed by atoms with Crippen molar-refractivity contribution in [2.75, 3.05) is 25.9 Å². The number of hydrogen-bond donors (Lipinski definition) is 2. The van der Waals surface area contributed by atoms with Crippen LogP contribution in [0.15, 0.2) is 23.1 Å². The topological polar surface area (TPSA) is 92.9 Å². The minimum Gasteiger partial charge on any atom is -0.506 e. The maximum atomic E-state index is 12.6. The number of anilines is 1. The maximum absolute atomic E-state index is 12.6. The van der Waals surface area contributed by atoms with Crippen LogP contribution in [0.1, 0.15) is 13.3 Å². The van der Waals surface area contributed by atoms with E-state index in [2.05, 4.69) is 6.92 Å². The van der Waals surface area contributed by atoms with Gasteiger partial charge >= 0.3 is 0 Å². The van der Waals surface area contributed by atoms with Gasteiger partial charge in [-0.15, -0.1) is 0 Å². The third-order valence-corrected chi connectivity index (χ3v) is 5.65. The van der Waals surface area contributed by atoms with Crippen molar-refractivity contribution in [1.82, 2.24) is 4.31 Å². The van der Waals surface area contributed by atoms with Crippen LogP contribution in [0.3, 0.4) is 0 Å². The molecular formula is C13H20N2O4S. The van der Waals surface area contributed by atoms with Crippen LogP contribution < -0.4 is 5.73 Å². The Bertz CT molecular complexity index is 588. The van der Waals surface area contributed by atoms with E-state index in [4.69, 9.17) is 10.5 Å². The van der Waals surface area contributed by atoms with Crippen LogP contribution in [0.5, 0.6) is 5.75 Å². The van der Waals surface area contributed by atoms with E-state index >= 15 is 0 Å². The molecule has 1 aliphatic heterocycles. The predicted octanol–water partition coefficient (Wildman–Crippen LogP) is 1.02. The lowest BCUT2D eigenvalue weighted by molar-refractivity contribution is 0.0184. The Balaban J connectivity index is 2.28. The summed E-state index contributed by atoms with van der Waals surface area (Å²) in [5.41, 5.74) is 5.62. The minimum absolute atomic E-state index is 0.0553. The standard InChI is InChI=1S/C13H20N2O4S/c1-9-5-6-15(8-13(9)19-2)20(17,18)10-3-4-12(16)11(14)7-10/h3-4,7,9,13,16H,5-6,8,14H2,1-2H3. The van der Waals surface area contributed by atoms with Gasteiger partial charge < -0.3 is 15.6 Å². The Morgan fingerprint density at radius 1 is 1.45 bits per heavy atom. The number of methoxy groups -OCH3 is 1. The van der Waals surface area contributed by atoms with E-state index in [9.17, 15) is 13.5 Å². The number of nitrogen functional groups attached to an aromatic ring is 1. The van der Waals surface area contributed by atoms with E-state index in [1.165, 1.54) is 22.5 Å². The molecule has 0 amide bonds. The Morgan fingerprint density at radius 2 is 2.15 bits per heavy atom. The molecule has 2 rings (SSSR count). The molecule has 0 saturated carbocycles. The molecule has 0 aliphatic carbocycles. The van der Waals surface area contributed by atoms with Crippen LogP contribution in [0, 0.1) is 5.92 Å². The molecule has 6 nitrogen and oxygen atoms in total. The summed E-state index contributed by atoms with van der Waals surface area (Å²) >= 11 is 0. The molecule has 2 atom stereocenters. The highest BCUT2D eigenvalue weighted by atomic mass is 32.2. The first-order valence-electron chi connectivity index (χ1n) is 6.47. The molecule has 1 fully saturated rings. The largest absolute Gasteiger partial charge is 0.506 e. The van der Waals surface area contributed by atoms with Crippen molar-refractivity contribution in [1.29, 1.82) is 0 Å². The molecule has 1 saturated heterocycles. The molecule has 2 unspecified atom stereocenters. The zero-order chi connectivity index (χ0) is 14.9. The fourth-order valence-corrected chi connectivity index (χ4v) is 3.88. The Labute approximate surface area is 119 Å². The molecule has 1 aliphatic rings. The molecule has 1 aromatic carbocycles. The smallest absolute Gasteiger partial charge is 0.243 e. The average molecular weight is 300 g/mol. The first kappa shape index (κ1) is 15.1. The summed E-state index contributed by atoms with van der Waals surface area (Å²) < 4.78 is 31.9. The molecule has 0 radical (unpaired) electrons. The highest BCUT2D eigenvalue weighted by molar-refractivity contribution is 7.89. The molecule has 0 spiro atoms. The molecule has 112 valence electrons. The Morgan fingerprint density at radius 3 is 2.75 bits per heavy atom. The number of rotatable bonds is 3. The van der Waals surface area contributed by atoms with E-state index in [1.54, 1.807) is 7.11 Å². The lowest BCUT2D eigenvalue weighted by atomic mass is 9.97. The third-order valence-electron chi connectivity index (χ3n) is 3.79. The van der Waals surface area contributed by atoms with Crippen LogP contribution in [-0.4, -0.2) is 44.1 Å². The molecule has 7 heteroatoms. The minimum atomic E-state index is -3.61. The maximum Gasteiger partial charge on any atom is 0.243 e. The molecule has 20 heavy (non-hydrogen) atoms. The first-order valence-corrected chi connectivity index (χ1v) is 7.91. The number of nitrogens with zero attached hydrogens (tertiary/aromatic N) is 1. The van der Waals surface area contributed by atoms with Crippen molar-refractivity contribution in [3.8, 4) is 5.75 Å². The summed E-state index contributed by atoms with van der Waals surface area (Å²) in [5, 5.41) is 9.38. The van der Waals surface area contributed by atoms with Gasteiger partial charge in [-0.1, -0.05) is 6.92 Å². The van der Waals surface area contributed by atoms with Crippen LogP contribution in [0.2, 0.25) is 0 Å². The molecule has 0 aromatic heterocycles. The Kier molecular flexibility index (Phi) is 4.22. The van der Waals surface area contributed by atoms with Gasteiger partial charge in [0.1, 0.15) is 5.75 Å². The van der Waals surface area contributed by atoms with Crippen LogP contribution in [0.25, 0.3) is 0 Å². The number of phenolic OH excluding ortho intramolecular Hbond substituents is 1. The summed E-state index contributed by atoms with van der Waals surface area (Å²) in [6, 6.07) is 3.94. The molecule has 3 N–H and O–H groups in total. The highest BCUT2D eigenvalue weighted by Gasteiger charge is 2.33. The van der Waals surface area contributed by atoms with Crippen LogP contribution in [0.4, 0.5) is 5.69 Å². The second kappa shape index (κ2) is 5.59. The SMILES string of the molecule is COC1CN(S(=O)(=O)c2ccc(O)c(N)c2)CCC1C. The number of sulfonamides is 1. The zero-order valence-electron chi connectivity index (χ0n) is 11.6. The summed E-state index contributed by atoms with van der Waals surface area (Å²) in [6.45, 7) is 2.85. The van der Waals surface area contributed by atoms with Gasteiger partial charge in [-0.25, -0.2) is 8.42 Å². The number of aromatic hydroxyl groups is 1. The van der Waals surface area contributed by atoms with E-state index in [0.717, 1.165) is 6.42 Å². The van der Waals surface area contributed by atoms with E-state index in [0.29, 0.717) is 19.0 Å². The number of nitrogens with two attached hydrogens (primary N) is 1. The molecule has 0 bridgehead atoms. The second-order valence-corrected chi connectivity index (χ2v) is 7.06. The van der Waals surface area contributed by atoms with Crippen LogP contribution in [-0.2, 0) is 14.8 Å². The number of hydrogen-bond acceptors (Lipinski definition) is 5. The lowest BCUT2D eigenvalue weighted by Gasteiger charge is -2.35. The molecular weight excluding hydrogens is 280 g/mol. The van der Waals surface area contributed by atoms with Gasteiger partial charge in [0.25, 0.3) is 0 Å². The fourth-order valence-electron chi connectivity index (χ4n) is 2.37. The number of ether oxygens (including phenoxy) is 1. The second-order valence-electron chi connectivity index (χ2n) is 5.12. The van der Waals surface area contributed by atoms with Gasteiger partial charge in [-0.2, -0.15) is 4.31 Å². The van der Waals surface area contributed by atoms with Gasteiger partial charge in [0.05, 0.1) is 16.7 Å². The number of piperidine rings is 1. The quantitative estimate of drug-likeness (QED) is 0.642. The summed E-state index contributed by atoms with van der Waals surface area (Å²) in [7, 11) is -2.01. The van der Waals surface area contributed by atoms with Crippen molar-refractivity contribution >= 4 is 15.7 Å². The number of benzene rings is 1. The molecule has 1 heterocycles. The zero-order valence-corrected chi connectivity index (χ0v) is 12.4. The summed E-state index contributed by atoms with van der Waals surface area (Å²) in [5.74, 6) is 0.210. The highest BCUT2D eigenvalue weighted by Crippen LogP contribution is 2.28. The van der Waals surface area contributed by atoms with Gasteiger partial charge in [-0.05, 0) is 30.5 Å². The summed E-state index contributed by atoms with van der Waals surface area (Å²) in [4.78, 5) is 0.0946. The van der Waals surface area contributed by atoms with E-state index < -0.39 is 10.0 Å². The van der Waals surface area contributed by atoms with Crippen molar-refractivity contribution in [3.05, 3.63) is 18.2 Å². The molecule has 1 aromatic rings. The van der Waals surface area contributed by atoms with E-state index in [-0.39, 0.29) is 22.4 Å². The van der Waals surface area contributed by atoms with Crippen molar-refractivity contribution in [2.24, 2.45) is 5.92 Å². The first-order chi connectivity index (χ1) is 9.36. The van der Waals surface area contributed by atoms with Crippen molar-refractivity contribution in [2.45, 2.75) is 24.3 Å². The van der Waals surface area contributed by atoms with Crippen molar-refractivity contribution < 1.29 is 18.3 Å².